The molecular formula is C16H17Cl2FN2O. The smallest absolute Gasteiger partial charge is 0.220 e. The predicted molar refractivity (Wildman–Crippen MR) is 88.1 cm³/mol. The molecule has 3 nitrogen and oxygen atoms in total. The Morgan fingerprint density at radius 3 is 2.73 bits per heavy atom. The molecule has 1 fully saturated rings. The van der Waals surface area contributed by atoms with Crippen LogP contribution in [0.4, 0.5) is 4.39 Å². The van der Waals surface area contributed by atoms with E-state index in [4.69, 9.17) is 22.1 Å². The van der Waals surface area contributed by atoms with Crippen LogP contribution in [0.5, 0.6) is 5.75 Å². The molecule has 0 radical (unpaired) electrons. The molecule has 22 heavy (non-hydrogen) atoms. The van der Waals surface area contributed by atoms with Crippen LogP contribution in [0.15, 0.2) is 36.5 Å². The van der Waals surface area contributed by atoms with E-state index in [1.54, 1.807) is 30.3 Å². The third kappa shape index (κ3) is 3.69. The van der Waals surface area contributed by atoms with Crippen molar-refractivity contribution in [2.45, 2.75) is 12.8 Å². The van der Waals surface area contributed by atoms with Crippen LogP contribution in [0.25, 0.3) is 11.1 Å². The van der Waals surface area contributed by atoms with Gasteiger partial charge in [0.1, 0.15) is 5.75 Å². The number of ether oxygens (including phenoxy) is 1. The standard InChI is InChI=1S/C16H16ClFN2O.ClH/c17-12-3-1-2-11(6-12)14-7-13(8-20-15(14)18)21-10-16(9-19)4-5-16;/h1-3,6-8H,4-5,9-10,19H2;1H. The molecule has 0 saturated heterocycles. The summed E-state index contributed by atoms with van der Waals surface area (Å²) in [5.74, 6) is 0.00989. The average molecular weight is 343 g/mol. The summed E-state index contributed by atoms with van der Waals surface area (Å²) in [5.41, 5.74) is 6.89. The van der Waals surface area contributed by atoms with Crippen LogP contribution in [0.3, 0.4) is 0 Å². The highest BCUT2D eigenvalue weighted by Gasteiger charge is 2.42. The Labute approximate surface area is 140 Å². The van der Waals surface area contributed by atoms with E-state index in [-0.39, 0.29) is 17.8 Å². The van der Waals surface area contributed by atoms with E-state index in [1.807, 2.05) is 0 Å². The Balaban J connectivity index is 0.00000176. The minimum Gasteiger partial charge on any atom is -0.491 e. The number of aromatic nitrogens is 1. The van der Waals surface area contributed by atoms with E-state index in [1.165, 1.54) is 6.20 Å². The van der Waals surface area contributed by atoms with E-state index < -0.39 is 5.95 Å². The fourth-order valence-electron chi connectivity index (χ4n) is 2.19. The number of halogens is 3. The summed E-state index contributed by atoms with van der Waals surface area (Å²) in [4.78, 5) is 3.77. The first-order valence-corrected chi connectivity index (χ1v) is 7.24. The Morgan fingerprint density at radius 2 is 2.09 bits per heavy atom. The highest BCUT2D eigenvalue weighted by atomic mass is 35.5. The van der Waals surface area contributed by atoms with Crippen LogP contribution in [-0.2, 0) is 0 Å². The molecule has 1 heterocycles. The maximum absolute atomic E-state index is 13.9. The Morgan fingerprint density at radius 1 is 1.32 bits per heavy atom. The van der Waals surface area contributed by atoms with Crippen molar-refractivity contribution in [1.29, 1.82) is 0 Å². The van der Waals surface area contributed by atoms with Gasteiger partial charge in [-0.3, -0.25) is 0 Å². The monoisotopic (exact) mass is 342 g/mol. The molecule has 1 saturated carbocycles. The van der Waals surface area contributed by atoms with Gasteiger partial charge in [-0.25, -0.2) is 4.98 Å². The molecule has 1 aliphatic carbocycles. The minimum atomic E-state index is -0.537. The Bertz CT molecular complexity index is 662. The van der Waals surface area contributed by atoms with Crippen molar-refractivity contribution in [3.8, 4) is 16.9 Å². The van der Waals surface area contributed by atoms with Crippen molar-refractivity contribution in [1.82, 2.24) is 4.98 Å². The van der Waals surface area contributed by atoms with Gasteiger partial charge in [0.2, 0.25) is 5.95 Å². The van der Waals surface area contributed by atoms with Crippen molar-refractivity contribution in [3.05, 3.63) is 47.5 Å². The van der Waals surface area contributed by atoms with Crippen molar-refractivity contribution < 1.29 is 9.13 Å². The lowest BCUT2D eigenvalue weighted by molar-refractivity contribution is 0.237. The van der Waals surface area contributed by atoms with E-state index in [0.717, 1.165) is 12.8 Å². The summed E-state index contributed by atoms with van der Waals surface area (Å²) in [6.07, 6.45) is 3.56. The lowest BCUT2D eigenvalue weighted by atomic mass is 10.1. The number of benzene rings is 1. The van der Waals surface area contributed by atoms with Crippen LogP contribution >= 0.6 is 24.0 Å². The fraction of sp³-hybridized carbons (Fsp3) is 0.312. The molecule has 2 N–H and O–H groups in total. The first kappa shape index (κ1) is 17.0. The van der Waals surface area contributed by atoms with Crippen molar-refractivity contribution in [2.24, 2.45) is 11.1 Å². The van der Waals surface area contributed by atoms with Crippen LogP contribution in [0.2, 0.25) is 5.02 Å². The van der Waals surface area contributed by atoms with Gasteiger partial charge in [-0.1, -0.05) is 23.7 Å². The molecule has 118 valence electrons. The van der Waals surface area contributed by atoms with E-state index in [9.17, 15) is 4.39 Å². The fourth-order valence-corrected chi connectivity index (χ4v) is 2.38. The molecule has 2 aromatic rings. The van der Waals surface area contributed by atoms with Crippen molar-refractivity contribution in [3.63, 3.8) is 0 Å². The van der Waals surface area contributed by atoms with Crippen molar-refractivity contribution in [2.75, 3.05) is 13.2 Å². The van der Waals surface area contributed by atoms with Gasteiger partial charge in [0.15, 0.2) is 0 Å². The SMILES string of the molecule is Cl.NCC1(COc2cnc(F)c(-c3cccc(Cl)c3)c2)CC1. The van der Waals surface area contributed by atoms with E-state index >= 15 is 0 Å². The lowest BCUT2D eigenvalue weighted by Gasteiger charge is -2.14. The second kappa shape index (κ2) is 6.82. The number of pyridine rings is 1. The van der Waals surface area contributed by atoms with Crippen LogP contribution in [-0.4, -0.2) is 18.1 Å². The molecule has 1 aromatic carbocycles. The van der Waals surface area contributed by atoms with Gasteiger partial charge >= 0.3 is 0 Å². The molecule has 0 atom stereocenters. The van der Waals surface area contributed by atoms with E-state index in [0.29, 0.717) is 35.1 Å². The molecule has 3 rings (SSSR count). The molecule has 0 amide bonds. The molecule has 0 aliphatic heterocycles. The normalized spacial score (nSPS) is 15.0. The van der Waals surface area contributed by atoms with Gasteiger partial charge in [0.05, 0.1) is 12.8 Å². The number of rotatable bonds is 5. The second-order valence-electron chi connectivity index (χ2n) is 5.51. The van der Waals surface area contributed by atoms with Gasteiger partial charge in [-0.2, -0.15) is 4.39 Å². The largest absolute Gasteiger partial charge is 0.491 e. The van der Waals surface area contributed by atoms with Crippen LogP contribution in [0, 0.1) is 11.4 Å². The Kier molecular flexibility index (Phi) is 5.27. The summed E-state index contributed by atoms with van der Waals surface area (Å²) in [6, 6.07) is 8.67. The highest BCUT2D eigenvalue weighted by Crippen LogP contribution is 2.44. The van der Waals surface area contributed by atoms with Gasteiger partial charge < -0.3 is 10.5 Å². The number of hydrogen-bond donors (Lipinski definition) is 1. The molecule has 1 aromatic heterocycles. The summed E-state index contributed by atoms with van der Waals surface area (Å²) >= 11 is 5.95. The summed E-state index contributed by atoms with van der Waals surface area (Å²) < 4.78 is 19.6. The zero-order valence-corrected chi connectivity index (χ0v) is 13.5. The van der Waals surface area contributed by atoms with Gasteiger partial charge in [0.25, 0.3) is 0 Å². The van der Waals surface area contributed by atoms with E-state index in [2.05, 4.69) is 4.98 Å². The third-order valence-corrected chi connectivity index (χ3v) is 4.12. The highest BCUT2D eigenvalue weighted by molar-refractivity contribution is 6.30. The summed E-state index contributed by atoms with van der Waals surface area (Å²) in [5, 5.41) is 0.554. The Hall–Kier alpha value is -1.36. The zero-order valence-electron chi connectivity index (χ0n) is 11.9. The quantitative estimate of drug-likeness (QED) is 0.832. The molecule has 0 spiro atoms. The summed E-state index contributed by atoms with van der Waals surface area (Å²) in [6.45, 7) is 1.16. The maximum atomic E-state index is 13.9. The average Bonchev–Trinajstić information content (AvgIpc) is 3.27. The minimum absolute atomic E-state index is 0. The topological polar surface area (TPSA) is 48.1 Å². The predicted octanol–water partition coefficient (Wildman–Crippen LogP) is 4.08. The van der Waals surface area contributed by atoms with Gasteiger partial charge in [-0.15, -0.1) is 12.4 Å². The molecule has 6 heteroatoms. The van der Waals surface area contributed by atoms with Crippen LogP contribution in [0.1, 0.15) is 12.8 Å². The first-order chi connectivity index (χ1) is 10.1. The summed E-state index contributed by atoms with van der Waals surface area (Å²) in [7, 11) is 0. The van der Waals surface area contributed by atoms with Gasteiger partial charge in [-0.05, 0) is 36.6 Å². The van der Waals surface area contributed by atoms with Gasteiger partial charge in [0, 0.05) is 22.5 Å². The lowest BCUT2D eigenvalue weighted by Crippen LogP contribution is -2.22. The molecular weight excluding hydrogens is 326 g/mol. The van der Waals surface area contributed by atoms with Crippen LogP contribution < -0.4 is 10.5 Å². The maximum Gasteiger partial charge on any atom is 0.220 e. The van der Waals surface area contributed by atoms with Crippen molar-refractivity contribution >= 4 is 24.0 Å². The number of hydrogen-bond acceptors (Lipinski definition) is 3. The first-order valence-electron chi connectivity index (χ1n) is 6.86. The zero-order chi connectivity index (χ0) is 14.9. The number of nitrogens with two attached hydrogens (primary N) is 1. The molecule has 0 bridgehead atoms. The molecule has 1 aliphatic rings. The second-order valence-corrected chi connectivity index (χ2v) is 5.95. The molecule has 0 unspecified atom stereocenters. The number of nitrogens with zero attached hydrogens (tertiary/aromatic N) is 1. The third-order valence-electron chi connectivity index (χ3n) is 3.88.